The maximum absolute atomic E-state index is 13.1. The molecule has 0 atom stereocenters. The first-order valence-electron chi connectivity index (χ1n) is 9.31. The third-order valence-corrected chi connectivity index (χ3v) is 5.93. The van der Waals surface area contributed by atoms with Gasteiger partial charge in [-0.15, -0.1) is 11.3 Å². The van der Waals surface area contributed by atoms with Crippen molar-refractivity contribution in [2.45, 2.75) is 13.5 Å². The summed E-state index contributed by atoms with van der Waals surface area (Å²) in [7, 11) is 0. The van der Waals surface area contributed by atoms with Gasteiger partial charge in [0.15, 0.2) is 0 Å². The summed E-state index contributed by atoms with van der Waals surface area (Å²) in [6, 6.07) is 14.4. The van der Waals surface area contributed by atoms with Crippen LogP contribution in [0.25, 0.3) is 21.3 Å². The maximum Gasteiger partial charge on any atom is 0.263 e. The minimum Gasteiger partial charge on any atom is -0.326 e. The van der Waals surface area contributed by atoms with Gasteiger partial charge in [-0.1, -0.05) is 28.1 Å². The van der Waals surface area contributed by atoms with Gasteiger partial charge in [0.05, 0.1) is 11.7 Å². The van der Waals surface area contributed by atoms with Gasteiger partial charge in [0.2, 0.25) is 11.8 Å². The van der Waals surface area contributed by atoms with Crippen molar-refractivity contribution in [2.75, 3.05) is 10.6 Å². The predicted octanol–water partition coefficient (Wildman–Crippen LogP) is 4.48. The summed E-state index contributed by atoms with van der Waals surface area (Å²) >= 11 is 4.81. The number of hydrogen-bond acceptors (Lipinski definition) is 5. The highest BCUT2D eigenvalue weighted by Crippen LogP contribution is 2.31. The highest BCUT2D eigenvalue weighted by atomic mass is 79.9. The third kappa shape index (κ3) is 4.73. The quantitative estimate of drug-likeness (QED) is 0.425. The second-order valence-corrected chi connectivity index (χ2v) is 8.59. The van der Waals surface area contributed by atoms with Crippen LogP contribution in [-0.2, 0) is 16.1 Å². The average Bonchev–Trinajstić information content (AvgIpc) is 3.17. The van der Waals surface area contributed by atoms with E-state index in [2.05, 4.69) is 31.5 Å². The smallest absolute Gasteiger partial charge is 0.263 e. The summed E-state index contributed by atoms with van der Waals surface area (Å²) in [5.41, 5.74) is 2.64. The van der Waals surface area contributed by atoms with Gasteiger partial charge >= 0.3 is 0 Å². The topological polar surface area (TPSA) is 93.1 Å². The lowest BCUT2D eigenvalue weighted by molar-refractivity contribution is -0.117. The number of fused-ring (bicyclic) bond motifs is 1. The van der Waals surface area contributed by atoms with Gasteiger partial charge in [0, 0.05) is 33.7 Å². The normalized spacial score (nSPS) is 10.8. The van der Waals surface area contributed by atoms with E-state index in [-0.39, 0.29) is 23.9 Å². The van der Waals surface area contributed by atoms with Gasteiger partial charge in [-0.3, -0.25) is 19.0 Å². The van der Waals surface area contributed by atoms with Crippen LogP contribution in [0.4, 0.5) is 11.4 Å². The number of amides is 2. The van der Waals surface area contributed by atoms with Gasteiger partial charge in [-0.2, -0.15) is 0 Å². The molecule has 0 saturated carbocycles. The molecule has 2 aromatic carbocycles. The molecule has 0 spiro atoms. The predicted molar refractivity (Wildman–Crippen MR) is 126 cm³/mol. The Morgan fingerprint density at radius 3 is 2.32 bits per heavy atom. The molecule has 0 saturated heterocycles. The number of aromatic nitrogens is 2. The molecule has 0 aliphatic rings. The number of nitrogens with zero attached hydrogens (tertiary/aromatic N) is 2. The average molecular weight is 497 g/mol. The van der Waals surface area contributed by atoms with Crippen LogP contribution in [0, 0.1) is 0 Å². The second kappa shape index (κ2) is 8.83. The molecule has 7 nitrogen and oxygen atoms in total. The number of hydrogen-bond donors (Lipinski definition) is 2. The Balaban J connectivity index is 1.56. The zero-order chi connectivity index (χ0) is 22.0. The van der Waals surface area contributed by atoms with E-state index in [0.717, 1.165) is 15.6 Å². The number of carbonyl (C=O) groups is 2. The summed E-state index contributed by atoms with van der Waals surface area (Å²) in [5, 5.41) is 7.82. The van der Waals surface area contributed by atoms with Crippen LogP contribution in [0.15, 0.2) is 69.5 Å². The standard InChI is InChI=1S/C22H17BrN4O3S/c1-13(28)25-16-6-8-17(9-7-16)26-19(29)10-27-12-24-21-20(22(27)30)18(11-31-21)14-2-4-15(23)5-3-14/h2-9,11-12H,10H2,1H3,(H,25,28)(H,26,29). The molecule has 0 unspecified atom stereocenters. The van der Waals surface area contributed by atoms with Crippen molar-refractivity contribution in [3.63, 3.8) is 0 Å². The molecule has 2 heterocycles. The lowest BCUT2D eigenvalue weighted by atomic mass is 10.1. The molecule has 2 amide bonds. The van der Waals surface area contributed by atoms with Crippen molar-refractivity contribution in [3.8, 4) is 11.1 Å². The molecular weight excluding hydrogens is 480 g/mol. The Hall–Kier alpha value is -3.30. The first kappa shape index (κ1) is 21.0. The van der Waals surface area contributed by atoms with Crippen LogP contribution in [0.1, 0.15) is 6.92 Å². The second-order valence-electron chi connectivity index (χ2n) is 6.82. The molecule has 2 aromatic heterocycles. The number of thiophene rings is 1. The minimum atomic E-state index is -0.351. The van der Waals surface area contributed by atoms with E-state index in [1.54, 1.807) is 24.3 Å². The van der Waals surface area contributed by atoms with Gasteiger partial charge in [-0.25, -0.2) is 4.98 Å². The van der Waals surface area contributed by atoms with Gasteiger partial charge in [-0.05, 0) is 42.0 Å². The number of rotatable bonds is 5. The fraction of sp³-hybridized carbons (Fsp3) is 0.0909. The summed E-state index contributed by atoms with van der Waals surface area (Å²) in [4.78, 5) is 41.7. The van der Waals surface area contributed by atoms with Gasteiger partial charge in [0.1, 0.15) is 11.4 Å². The van der Waals surface area contributed by atoms with Crippen molar-refractivity contribution in [3.05, 3.63) is 75.1 Å². The molecule has 0 bridgehead atoms. The Morgan fingerprint density at radius 2 is 1.68 bits per heavy atom. The van der Waals surface area contributed by atoms with Gasteiger partial charge in [0.25, 0.3) is 5.56 Å². The molecule has 9 heteroatoms. The highest BCUT2D eigenvalue weighted by molar-refractivity contribution is 9.10. The van der Waals surface area contributed by atoms with Crippen LogP contribution >= 0.6 is 27.3 Å². The first-order valence-corrected chi connectivity index (χ1v) is 11.0. The Morgan fingerprint density at radius 1 is 1.03 bits per heavy atom. The first-order chi connectivity index (χ1) is 14.9. The zero-order valence-electron chi connectivity index (χ0n) is 16.4. The lowest BCUT2D eigenvalue weighted by Crippen LogP contribution is -2.27. The highest BCUT2D eigenvalue weighted by Gasteiger charge is 2.15. The summed E-state index contributed by atoms with van der Waals surface area (Å²) in [6.07, 6.45) is 1.39. The minimum absolute atomic E-state index is 0.162. The van der Waals surface area contributed by atoms with Crippen molar-refractivity contribution < 1.29 is 9.59 Å². The van der Waals surface area contributed by atoms with E-state index in [0.29, 0.717) is 21.6 Å². The van der Waals surface area contributed by atoms with E-state index in [4.69, 9.17) is 0 Å². The molecule has 4 rings (SSSR count). The van der Waals surface area contributed by atoms with E-state index in [1.165, 1.54) is 29.2 Å². The van der Waals surface area contributed by atoms with Crippen molar-refractivity contribution in [2.24, 2.45) is 0 Å². The summed E-state index contributed by atoms with van der Waals surface area (Å²) < 4.78 is 2.26. The number of carbonyl (C=O) groups excluding carboxylic acids is 2. The molecule has 0 fully saturated rings. The Labute approximate surface area is 189 Å². The van der Waals surface area contributed by atoms with Gasteiger partial charge < -0.3 is 10.6 Å². The van der Waals surface area contributed by atoms with Crippen molar-refractivity contribution >= 4 is 60.7 Å². The Kier molecular flexibility index (Phi) is 5.97. The number of anilines is 2. The molecule has 4 aromatic rings. The SMILES string of the molecule is CC(=O)Nc1ccc(NC(=O)Cn2cnc3scc(-c4ccc(Br)cc4)c3c2=O)cc1. The number of benzene rings is 2. The molecular formula is C22H17BrN4O3S. The third-order valence-electron chi connectivity index (χ3n) is 4.52. The van der Waals surface area contributed by atoms with E-state index < -0.39 is 0 Å². The fourth-order valence-corrected chi connectivity index (χ4v) is 4.29. The van der Waals surface area contributed by atoms with Crippen LogP contribution in [0.2, 0.25) is 0 Å². The van der Waals surface area contributed by atoms with E-state index >= 15 is 0 Å². The van der Waals surface area contributed by atoms with Crippen molar-refractivity contribution in [1.82, 2.24) is 9.55 Å². The molecule has 0 radical (unpaired) electrons. The summed E-state index contributed by atoms with van der Waals surface area (Å²) in [5.74, 6) is -0.522. The number of nitrogens with one attached hydrogen (secondary N) is 2. The molecule has 156 valence electrons. The monoisotopic (exact) mass is 496 g/mol. The zero-order valence-corrected chi connectivity index (χ0v) is 18.8. The lowest BCUT2D eigenvalue weighted by Gasteiger charge is -2.09. The van der Waals surface area contributed by atoms with Crippen molar-refractivity contribution in [1.29, 1.82) is 0 Å². The van der Waals surface area contributed by atoms with Crippen LogP contribution < -0.4 is 16.2 Å². The molecule has 0 aliphatic heterocycles. The van der Waals surface area contributed by atoms with Crippen LogP contribution in [-0.4, -0.2) is 21.4 Å². The largest absolute Gasteiger partial charge is 0.326 e. The molecule has 31 heavy (non-hydrogen) atoms. The van der Waals surface area contributed by atoms with E-state index in [9.17, 15) is 14.4 Å². The maximum atomic E-state index is 13.1. The van der Waals surface area contributed by atoms with Crippen LogP contribution in [0.3, 0.4) is 0 Å². The fourth-order valence-electron chi connectivity index (χ4n) is 3.12. The van der Waals surface area contributed by atoms with E-state index in [1.807, 2.05) is 29.6 Å². The summed E-state index contributed by atoms with van der Waals surface area (Å²) in [6.45, 7) is 1.26. The molecule has 0 aliphatic carbocycles. The van der Waals surface area contributed by atoms with Crippen LogP contribution in [0.5, 0.6) is 0 Å². The number of halogens is 1. The molecule has 2 N–H and O–H groups in total. The Bertz CT molecular complexity index is 1330.